The van der Waals surface area contributed by atoms with Gasteiger partial charge in [0.2, 0.25) is 0 Å². The molecule has 3 nitrogen and oxygen atoms in total. The third-order valence-corrected chi connectivity index (χ3v) is 3.54. The van der Waals surface area contributed by atoms with E-state index >= 15 is 0 Å². The summed E-state index contributed by atoms with van der Waals surface area (Å²) in [6.07, 6.45) is 5.61. The Kier molecular flexibility index (Phi) is 4.77. The SMILES string of the molecule is CCCCCCc1nn(C)c(N)c1-c1cccc(F)c1. The minimum Gasteiger partial charge on any atom is -0.383 e. The van der Waals surface area contributed by atoms with Gasteiger partial charge in [0.1, 0.15) is 11.6 Å². The Bertz CT molecular complexity index is 575. The highest BCUT2D eigenvalue weighted by atomic mass is 19.1. The second-order valence-corrected chi connectivity index (χ2v) is 5.15. The standard InChI is InChI=1S/C16H22FN3/c1-3-4-5-6-10-14-15(16(18)20(2)19-14)12-8-7-9-13(17)11-12/h7-9,11H,3-6,10,18H2,1-2H3. The Hall–Kier alpha value is -1.84. The molecule has 0 unspecified atom stereocenters. The molecule has 1 aromatic carbocycles. The van der Waals surface area contributed by atoms with E-state index in [0.717, 1.165) is 29.7 Å². The molecule has 4 heteroatoms. The molecular weight excluding hydrogens is 253 g/mol. The molecule has 0 radical (unpaired) electrons. The zero-order valence-electron chi connectivity index (χ0n) is 12.2. The molecule has 20 heavy (non-hydrogen) atoms. The van der Waals surface area contributed by atoms with Crippen LogP contribution < -0.4 is 5.73 Å². The number of anilines is 1. The molecule has 0 aliphatic carbocycles. The van der Waals surface area contributed by atoms with Crippen molar-refractivity contribution < 1.29 is 4.39 Å². The zero-order valence-corrected chi connectivity index (χ0v) is 12.2. The monoisotopic (exact) mass is 275 g/mol. The van der Waals surface area contributed by atoms with Crippen molar-refractivity contribution in [2.75, 3.05) is 5.73 Å². The Morgan fingerprint density at radius 1 is 1.25 bits per heavy atom. The number of aryl methyl sites for hydroxylation is 2. The number of benzene rings is 1. The minimum absolute atomic E-state index is 0.248. The number of rotatable bonds is 6. The average molecular weight is 275 g/mol. The molecule has 0 aliphatic rings. The summed E-state index contributed by atoms with van der Waals surface area (Å²) in [7, 11) is 1.83. The zero-order chi connectivity index (χ0) is 14.5. The van der Waals surface area contributed by atoms with Gasteiger partial charge in [0, 0.05) is 12.6 Å². The van der Waals surface area contributed by atoms with Crippen molar-refractivity contribution in [2.24, 2.45) is 7.05 Å². The minimum atomic E-state index is -0.248. The number of nitrogen functional groups attached to an aromatic ring is 1. The number of unbranched alkanes of at least 4 members (excludes halogenated alkanes) is 3. The van der Waals surface area contributed by atoms with Crippen LogP contribution in [0.25, 0.3) is 11.1 Å². The van der Waals surface area contributed by atoms with Crippen LogP contribution in [0, 0.1) is 5.82 Å². The first-order valence-corrected chi connectivity index (χ1v) is 7.20. The number of nitrogens with zero attached hydrogens (tertiary/aromatic N) is 2. The van der Waals surface area contributed by atoms with E-state index in [9.17, 15) is 4.39 Å². The lowest BCUT2D eigenvalue weighted by Gasteiger charge is -2.04. The molecule has 0 saturated carbocycles. The van der Waals surface area contributed by atoms with Crippen LogP contribution >= 0.6 is 0 Å². The highest BCUT2D eigenvalue weighted by Gasteiger charge is 2.15. The normalized spacial score (nSPS) is 10.9. The maximum absolute atomic E-state index is 13.4. The summed E-state index contributed by atoms with van der Waals surface area (Å²) in [5.74, 6) is 0.351. The number of hydrogen-bond acceptors (Lipinski definition) is 2. The lowest BCUT2D eigenvalue weighted by molar-refractivity contribution is 0.628. The first kappa shape index (κ1) is 14.6. The van der Waals surface area contributed by atoms with Crippen LogP contribution in [-0.2, 0) is 13.5 Å². The summed E-state index contributed by atoms with van der Waals surface area (Å²) in [4.78, 5) is 0. The molecule has 0 saturated heterocycles. The fourth-order valence-corrected chi connectivity index (χ4v) is 2.45. The molecule has 0 bridgehead atoms. The molecule has 0 atom stereocenters. The van der Waals surface area contributed by atoms with Crippen molar-refractivity contribution in [1.82, 2.24) is 9.78 Å². The van der Waals surface area contributed by atoms with E-state index in [-0.39, 0.29) is 5.82 Å². The quantitative estimate of drug-likeness (QED) is 0.812. The summed E-state index contributed by atoms with van der Waals surface area (Å²) in [5.41, 5.74) is 8.74. The van der Waals surface area contributed by atoms with E-state index in [1.165, 1.54) is 31.4 Å². The second kappa shape index (κ2) is 6.55. The van der Waals surface area contributed by atoms with Crippen molar-refractivity contribution in [2.45, 2.75) is 39.0 Å². The van der Waals surface area contributed by atoms with Gasteiger partial charge in [-0.15, -0.1) is 0 Å². The van der Waals surface area contributed by atoms with Crippen LogP contribution in [0.15, 0.2) is 24.3 Å². The second-order valence-electron chi connectivity index (χ2n) is 5.15. The van der Waals surface area contributed by atoms with E-state index < -0.39 is 0 Å². The van der Waals surface area contributed by atoms with Crippen LogP contribution in [0.1, 0.15) is 38.3 Å². The number of halogens is 1. The van der Waals surface area contributed by atoms with Crippen LogP contribution in [0.2, 0.25) is 0 Å². The Morgan fingerprint density at radius 3 is 2.75 bits per heavy atom. The summed E-state index contributed by atoms with van der Waals surface area (Å²) in [6, 6.07) is 6.55. The largest absolute Gasteiger partial charge is 0.383 e. The van der Waals surface area contributed by atoms with Crippen LogP contribution in [0.4, 0.5) is 10.2 Å². The maximum atomic E-state index is 13.4. The van der Waals surface area contributed by atoms with E-state index in [1.807, 2.05) is 13.1 Å². The highest BCUT2D eigenvalue weighted by molar-refractivity contribution is 5.76. The summed E-state index contributed by atoms with van der Waals surface area (Å²) in [5, 5.41) is 4.48. The Labute approximate surface area is 119 Å². The van der Waals surface area contributed by atoms with Crippen molar-refractivity contribution in [3.8, 4) is 11.1 Å². The van der Waals surface area contributed by atoms with Gasteiger partial charge in [-0.3, -0.25) is 4.68 Å². The number of hydrogen-bond donors (Lipinski definition) is 1. The highest BCUT2D eigenvalue weighted by Crippen LogP contribution is 2.30. The van der Waals surface area contributed by atoms with Gasteiger partial charge in [-0.05, 0) is 30.5 Å². The summed E-state index contributed by atoms with van der Waals surface area (Å²) >= 11 is 0. The topological polar surface area (TPSA) is 43.8 Å². The van der Waals surface area contributed by atoms with Crippen LogP contribution in [0.3, 0.4) is 0 Å². The van der Waals surface area contributed by atoms with Crippen molar-refractivity contribution >= 4 is 5.82 Å². The molecule has 108 valence electrons. The third-order valence-electron chi connectivity index (χ3n) is 3.54. The fourth-order valence-electron chi connectivity index (χ4n) is 2.45. The first-order valence-electron chi connectivity index (χ1n) is 7.20. The smallest absolute Gasteiger partial charge is 0.129 e. The predicted octanol–water partition coefficient (Wildman–Crippen LogP) is 3.93. The molecule has 0 fully saturated rings. The molecule has 1 heterocycles. The third kappa shape index (κ3) is 3.18. The van der Waals surface area contributed by atoms with Crippen molar-refractivity contribution in [3.63, 3.8) is 0 Å². The molecule has 0 spiro atoms. The molecule has 2 rings (SSSR count). The van der Waals surface area contributed by atoms with Gasteiger partial charge in [0.15, 0.2) is 0 Å². The number of aromatic nitrogens is 2. The fraction of sp³-hybridized carbons (Fsp3) is 0.438. The van der Waals surface area contributed by atoms with Gasteiger partial charge in [-0.2, -0.15) is 5.10 Å². The molecule has 2 aromatic rings. The molecule has 0 amide bonds. The van der Waals surface area contributed by atoms with Gasteiger partial charge >= 0.3 is 0 Å². The van der Waals surface area contributed by atoms with E-state index in [0.29, 0.717) is 5.82 Å². The van der Waals surface area contributed by atoms with Crippen molar-refractivity contribution in [1.29, 1.82) is 0 Å². The number of nitrogens with two attached hydrogens (primary N) is 1. The Morgan fingerprint density at radius 2 is 2.05 bits per heavy atom. The van der Waals surface area contributed by atoms with Gasteiger partial charge in [0.05, 0.1) is 5.69 Å². The predicted molar refractivity (Wildman–Crippen MR) is 80.9 cm³/mol. The molecule has 1 aromatic heterocycles. The van der Waals surface area contributed by atoms with E-state index in [1.54, 1.807) is 10.7 Å². The van der Waals surface area contributed by atoms with E-state index in [2.05, 4.69) is 12.0 Å². The van der Waals surface area contributed by atoms with Gasteiger partial charge < -0.3 is 5.73 Å². The van der Waals surface area contributed by atoms with E-state index in [4.69, 9.17) is 5.73 Å². The van der Waals surface area contributed by atoms with Crippen LogP contribution in [-0.4, -0.2) is 9.78 Å². The van der Waals surface area contributed by atoms with Gasteiger partial charge in [-0.1, -0.05) is 38.3 Å². The van der Waals surface area contributed by atoms with Crippen LogP contribution in [0.5, 0.6) is 0 Å². The summed E-state index contributed by atoms with van der Waals surface area (Å²) < 4.78 is 15.1. The molecule has 0 aliphatic heterocycles. The first-order chi connectivity index (χ1) is 9.63. The maximum Gasteiger partial charge on any atom is 0.129 e. The average Bonchev–Trinajstić information content (AvgIpc) is 2.70. The summed E-state index contributed by atoms with van der Waals surface area (Å²) in [6.45, 7) is 2.19. The van der Waals surface area contributed by atoms with Crippen molar-refractivity contribution in [3.05, 3.63) is 35.8 Å². The Balaban J connectivity index is 2.27. The van der Waals surface area contributed by atoms with Gasteiger partial charge in [0.25, 0.3) is 0 Å². The molecular formula is C16H22FN3. The lowest BCUT2D eigenvalue weighted by Crippen LogP contribution is -1.98. The molecule has 2 N–H and O–H groups in total. The lowest BCUT2D eigenvalue weighted by atomic mass is 10.0. The van der Waals surface area contributed by atoms with Gasteiger partial charge in [-0.25, -0.2) is 4.39 Å².